The van der Waals surface area contributed by atoms with E-state index < -0.39 is 0 Å². The highest BCUT2D eigenvalue weighted by Gasteiger charge is 2.04. The second kappa shape index (κ2) is 6.27. The average Bonchev–Trinajstić information content (AvgIpc) is 2.61. The van der Waals surface area contributed by atoms with E-state index in [4.69, 9.17) is 4.42 Å². The molecular weight excluding hydrogens is 206 g/mol. The van der Waals surface area contributed by atoms with Gasteiger partial charge >= 0.3 is 0 Å². The van der Waals surface area contributed by atoms with Crippen molar-refractivity contribution in [2.45, 2.75) is 19.8 Å². The number of hydrogen-bond donors (Lipinski definition) is 1. The normalized spacial score (nSPS) is 10.8. The molecule has 5 nitrogen and oxygen atoms in total. The zero-order valence-corrected chi connectivity index (χ0v) is 10.1. The second-order valence-electron chi connectivity index (χ2n) is 4.01. The van der Waals surface area contributed by atoms with Crippen molar-refractivity contribution >= 4 is 5.91 Å². The first-order valence-corrected chi connectivity index (χ1v) is 5.40. The monoisotopic (exact) mass is 225 g/mol. The van der Waals surface area contributed by atoms with Gasteiger partial charge < -0.3 is 14.6 Å². The molecular formula is C11H19N3O2. The molecule has 1 amide bonds. The summed E-state index contributed by atoms with van der Waals surface area (Å²) in [5, 5.41) is 2.85. The van der Waals surface area contributed by atoms with E-state index >= 15 is 0 Å². The number of oxazole rings is 1. The maximum absolute atomic E-state index is 11.4. The van der Waals surface area contributed by atoms with E-state index in [-0.39, 0.29) is 5.91 Å². The van der Waals surface area contributed by atoms with Crippen molar-refractivity contribution in [3.8, 4) is 0 Å². The molecule has 0 spiro atoms. The molecule has 0 fully saturated rings. The average molecular weight is 225 g/mol. The maximum atomic E-state index is 11.4. The van der Waals surface area contributed by atoms with E-state index in [0.717, 1.165) is 12.2 Å². The number of likely N-dealkylation sites (N-methyl/N-ethyl adjacent to an activating group) is 1. The summed E-state index contributed by atoms with van der Waals surface area (Å²) in [6, 6.07) is 0. The number of carbonyl (C=O) groups excluding carboxylic acids is 1. The minimum atomic E-state index is 0.0579. The van der Waals surface area contributed by atoms with Crippen LogP contribution in [0.15, 0.2) is 10.7 Å². The first-order valence-electron chi connectivity index (χ1n) is 5.40. The smallest absolute Gasteiger partial charge is 0.220 e. The Morgan fingerprint density at radius 3 is 2.88 bits per heavy atom. The quantitative estimate of drug-likeness (QED) is 0.770. The van der Waals surface area contributed by atoms with Crippen LogP contribution in [0.1, 0.15) is 18.0 Å². The van der Waals surface area contributed by atoms with Crippen LogP contribution in [0.2, 0.25) is 0 Å². The number of nitrogens with zero attached hydrogens (tertiary/aromatic N) is 2. The molecule has 1 aromatic heterocycles. The molecule has 5 heteroatoms. The lowest BCUT2D eigenvalue weighted by Crippen LogP contribution is -2.31. The summed E-state index contributed by atoms with van der Waals surface area (Å²) < 4.78 is 5.06. The molecule has 0 aliphatic heterocycles. The van der Waals surface area contributed by atoms with Crippen molar-refractivity contribution in [1.82, 2.24) is 15.2 Å². The summed E-state index contributed by atoms with van der Waals surface area (Å²) in [4.78, 5) is 17.6. The van der Waals surface area contributed by atoms with E-state index in [1.54, 1.807) is 13.2 Å². The number of hydrogen-bond acceptors (Lipinski definition) is 4. The predicted molar refractivity (Wildman–Crippen MR) is 61.1 cm³/mol. The standard InChI is InChI=1S/C11H19N3O2/c1-9-13-10(8-16-9)4-5-11(15)12-6-7-14(2)3/h8H,4-7H2,1-3H3,(H,12,15). The van der Waals surface area contributed by atoms with Gasteiger partial charge in [-0.15, -0.1) is 0 Å². The Balaban J connectivity index is 2.15. The Labute approximate surface area is 95.8 Å². The Morgan fingerprint density at radius 2 is 2.31 bits per heavy atom. The highest BCUT2D eigenvalue weighted by atomic mass is 16.3. The van der Waals surface area contributed by atoms with Crippen molar-refractivity contribution in [2.75, 3.05) is 27.2 Å². The molecule has 0 unspecified atom stereocenters. The molecule has 0 radical (unpaired) electrons. The maximum Gasteiger partial charge on any atom is 0.220 e. The van der Waals surface area contributed by atoms with Gasteiger partial charge in [-0.2, -0.15) is 0 Å². The van der Waals surface area contributed by atoms with Gasteiger partial charge in [0, 0.05) is 32.9 Å². The van der Waals surface area contributed by atoms with Gasteiger partial charge in [-0.1, -0.05) is 0 Å². The van der Waals surface area contributed by atoms with Gasteiger partial charge in [-0.3, -0.25) is 4.79 Å². The van der Waals surface area contributed by atoms with Crippen molar-refractivity contribution < 1.29 is 9.21 Å². The van der Waals surface area contributed by atoms with Crippen LogP contribution < -0.4 is 5.32 Å². The fourth-order valence-corrected chi connectivity index (χ4v) is 1.27. The van der Waals surface area contributed by atoms with Crippen LogP contribution in [-0.2, 0) is 11.2 Å². The fourth-order valence-electron chi connectivity index (χ4n) is 1.27. The Bertz CT molecular complexity index is 334. The molecule has 16 heavy (non-hydrogen) atoms. The van der Waals surface area contributed by atoms with Crippen molar-refractivity contribution in [2.24, 2.45) is 0 Å². The Kier molecular flexibility index (Phi) is 4.98. The zero-order chi connectivity index (χ0) is 12.0. The van der Waals surface area contributed by atoms with Gasteiger partial charge in [-0.25, -0.2) is 4.98 Å². The Morgan fingerprint density at radius 1 is 1.56 bits per heavy atom. The van der Waals surface area contributed by atoms with Crippen LogP contribution in [0.3, 0.4) is 0 Å². The molecule has 0 saturated carbocycles. The first kappa shape index (κ1) is 12.7. The van der Waals surface area contributed by atoms with Crippen molar-refractivity contribution in [1.29, 1.82) is 0 Å². The third-order valence-corrected chi connectivity index (χ3v) is 2.16. The number of aryl methyl sites for hydroxylation is 2. The van der Waals surface area contributed by atoms with Gasteiger partial charge in [-0.05, 0) is 14.1 Å². The summed E-state index contributed by atoms with van der Waals surface area (Å²) in [6.07, 6.45) is 2.69. The van der Waals surface area contributed by atoms with Crippen molar-refractivity contribution in [3.05, 3.63) is 17.8 Å². The second-order valence-corrected chi connectivity index (χ2v) is 4.01. The third-order valence-electron chi connectivity index (χ3n) is 2.16. The summed E-state index contributed by atoms with van der Waals surface area (Å²) >= 11 is 0. The van der Waals surface area contributed by atoms with E-state index in [0.29, 0.717) is 25.3 Å². The predicted octanol–water partition coefficient (Wildman–Crippen LogP) is 0.593. The van der Waals surface area contributed by atoms with Crippen LogP contribution in [0, 0.1) is 6.92 Å². The van der Waals surface area contributed by atoms with Gasteiger partial charge in [0.2, 0.25) is 5.91 Å². The van der Waals surface area contributed by atoms with Crippen LogP contribution in [-0.4, -0.2) is 43.0 Å². The van der Waals surface area contributed by atoms with Gasteiger partial charge in [0.25, 0.3) is 0 Å². The minimum Gasteiger partial charge on any atom is -0.449 e. The van der Waals surface area contributed by atoms with Gasteiger partial charge in [0.15, 0.2) is 5.89 Å². The molecule has 0 saturated heterocycles. The van der Waals surface area contributed by atoms with E-state index in [1.165, 1.54) is 0 Å². The lowest BCUT2D eigenvalue weighted by atomic mass is 10.2. The summed E-state index contributed by atoms with van der Waals surface area (Å²) in [5.41, 5.74) is 0.834. The van der Waals surface area contributed by atoms with Gasteiger partial charge in [0.1, 0.15) is 6.26 Å². The van der Waals surface area contributed by atoms with Crippen LogP contribution >= 0.6 is 0 Å². The molecule has 0 aromatic carbocycles. The highest BCUT2D eigenvalue weighted by Crippen LogP contribution is 2.02. The molecule has 0 atom stereocenters. The number of amides is 1. The fraction of sp³-hybridized carbons (Fsp3) is 0.636. The number of nitrogens with one attached hydrogen (secondary N) is 1. The van der Waals surface area contributed by atoms with Gasteiger partial charge in [0.05, 0.1) is 5.69 Å². The first-order chi connectivity index (χ1) is 7.58. The molecule has 0 aliphatic carbocycles. The summed E-state index contributed by atoms with van der Waals surface area (Å²) in [6.45, 7) is 3.33. The molecule has 1 rings (SSSR count). The van der Waals surface area contributed by atoms with Crippen LogP contribution in [0.25, 0.3) is 0 Å². The molecule has 90 valence electrons. The molecule has 1 N–H and O–H groups in total. The lowest BCUT2D eigenvalue weighted by Gasteiger charge is -2.09. The molecule has 0 aliphatic rings. The van der Waals surface area contributed by atoms with Crippen molar-refractivity contribution in [3.63, 3.8) is 0 Å². The van der Waals surface area contributed by atoms with E-state index in [1.807, 2.05) is 19.0 Å². The number of carbonyl (C=O) groups is 1. The van der Waals surface area contributed by atoms with Crippen LogP contribution in [0.5, 0.6) is 0 Å². The SMILES string of the molecule is Cc1nc(CCC(=O)NCCN(C)C)co1. The van der Waals surface area contributed by atoms with Crippen LogP contribution in [0.4, 0.5) is 0 Å². The largest absolute Gasteiger partial charge is 0.449 e. The zero-order valence-electron chi connectivity index (χ0n) is 10.1. The molecule has 1 aromatic rings. The van der Waals surface area contributed by atoms with E-state index in [9.17, 15) is 4.79 Å². The molecule has 1 heterocycles. The summed E-state index contributed by atoms with van der Waals surface area (Å²) in [5.74, 6) is 0.700. The van der Waals surface area contributed by atoms with E-state index in [2.05, 4.69) is 10.3 Å². The Hall–Kier alpha value is -1.36. The molecule has 0 bridgehead atoms. The minimum absolute atomic E-state index is 0.0579. The topological polar surface area (TPSA) is 58.4 Å². The summed E-state index contributed by atoms with van der Waals surface area (Å²) in [7, 11) is 3.95. The number of rotatable bonds is 6. The third kappa shape index (κ3) is 4.93. The highest BCUT2D eigenvalue weighted by molar-refractivity contribution is 5.76. The lowest BCUT2D eigenvalue weighted by molar-refractivity contribution is -0.121. The number of aromatic nitrogens is 1.